The van der Waals surface area contributed by atoms with Crippen LogP contribution in [0.15, 0.2) is 53.6 Å². The van der Waals surface area contributed by atoms with E-state index in [1.807, 2.05) is 24.5 Å². The first-order chi connectivity index (χ1) is 15.5. The van der Waals surface area contributed by atoms with Crippen molar-refractivity contribution >= 4 is 73.6 Å². The summed E-state index contributed by atoms with van der Waals surface area (Å²) in [6.45, 7) is 3.43. The van der Waals surface area contributed by atoms with Crippen LogP contribution in [-0.4, -0.2) is 37.9 Å². The number of carbonyl (C=O) groups excluding carboxylic acids is 1. The molecule has 0 saturated heterocycles. The van der Waals surface area contributed by atoms with Crippen molar-refractivity contribution in [2.24, 2.45) is 5.10 Å². The molecule has 1 N–H and O–H groups in total. The minimum Gasteiger partial charge on any atom is -0.316 e. The number of hydrogen-bond donors (Lipinski definition) is 1. The first-order valence-electron chi connectivity index (χ1n) is 9.67. The van der Waals surface area contributed by atoms with Gasteiger partial charge in [-0.05, 0) is 85.0 Å². The van der Waals surface area contributed by atoms with Gasteiger partial charge in [-0.2, -0.15) is 5.10 Å². The van der Waals surface area contributed by atoms with E-state index in [0.717, 1.165) is 36.8 Å². The van der Waals surface area contributed by atoms with Gasteiger partial charge in [-0.3, -0.25) is 9.10 Å². The molecule has 0 bridgehead atoms. The van der Waals surface area contributed by atoms with Crippen LogP contribution in [0.2, 0.25) is 10.0 Å². The van der Waals surface area contributed by atoms with E-state index in [1.54, 1.807) is 42.5 Å². The molecule has 0 saturated carbocycles. The highest BCUT2D eigenvalue weighted by Crippen LogP contribution is 2.28. The van der Waals surface area contributed by atoms with Crippen LogP contribution in [0.1, 0.15) is 17.0 Å². The maximum Gasteiger partial charge on any atom is 0.260 e. The smallest absolute Gasteiger partial charge is 0.260 e. The number of nitrogens with one attached hydrogen (secondary N) is 1. The number of amides is 1. The zero-order valence-electron chi connectivity index (χ0n) is 18.0. The molecular formula is C22H21Cl2IN4O3S. The van der Waals surface area contributed by atoms with E-state index in [4.69, 9.17) is 23.2 Å². The first kappa shape index (κ1) is 25.5. The summed E-state index contributed by atoms with van der Waals surface area (Å²) in [6.07, 6.45) is 2.56. The molecule has 3 aromatic rings. The summed E-state index contributed by atoms with van der Waals surface area (Å²) in [5.74, 6) is -0.568. The molecule has 0 unspecified atom stereocenters. The van der Waals surface area contributed by atoms with Gasteiger partial charge < -0.3 is 4.57 Å². The molecule has 174 valence electrons. The van der Waals surface area contributed by atoms with Gasteiger partial charge in [-0.1, -0.05) is 23.2 Å². The first-order valence-corrected chi connectivity index (χ1v) is 13.3. The lowest BCUT2D eigenvalue weighted by Gasteiger charge is -2.21. The summed E-state index contributed by atoms with van der Waals surface area (Å²) < 4.78 is 28.3. The molecule has 7 nitrogen and oxygen atoms in total. The second kappa shape index (κ2) is 10.5. The second-order valence-corrected chi connectivity index (χ2v) is 11.3. The number of carbonyl (C=O) groups is 1. The fourth-order valence-corrected chi connectivity index (χ4v) is 4.88. The van der Waals surface area contributed by atoms with Crippen LogP contribution >= 0.6 is 45.8 Å². The summed E-state index contributed by atoms with van der Waals surface area (Å²) in [5.41, 5.74) is 6.07. The average molecular weight is 619 g/mol. The number of sulfonamides is 1. The van der Waals surface area contributed by atoms with Gasteiger partial charge in [0, 0.05) is 25.5 Å². The second-order valence-electron chi connectivity index (χ2n) is 7.30. The summed E-state index contributed by atoms with van der Waals surface area (Å²) in [6, 6.07) is 14.0. The third kappa shape index (κ3) is 6.28. The predicted molar refractivity (Wildman–Crippen MR) is 142 cm³/mol. The molecular weight excluding hydrogens is 598 g/mol. The van der Waals surface area contributed by atoms with Crippen molar-refractivity contribution < 1.29 is 13.2 Å². The predicted octanol–water partition coefficient (Wildman–Crippen LogP) is 4.92. The maximum absolute atomic E-state index is 12.4. The van der Waals surface area contributed by atoms with Gasteiger partial charge in [0.15, 0.2) is 0 Å². The van der Waals surface area contributed by atoms with Gasteiger partial charge in [-0.25, -0.2) is 13.8 Å². The SMILES string of the molecule is Cc1cc(/C=N\NC(=O)CN(c2ccc(I)cc2)S(C)(=O)=O)c(C)n1-c1cc(Cl)ccc1Cl. The number of halogens is 3. The van der Waals surface area contributed by atoms with Crippen molar-refractivity contribution in [3.8, 4) is 5.69 Å². The molecule has 2 aromatic carbocycles. The van der Waals surface area contributed by atoms with Crippen LogP contribution in [0, 0.1) is 17.4 Å². The van der Waals surface area contributed by atoms with Crippen molar-refractivity contribution in [2.75, 3.05) is 17.1 Å². The van der Waals surface area contributed by atoms with E-state index in [0.29, 0.717) is 15.7 Å². The number of anilines is 1. The average Bonchev–Trinajstić information content (AvgIpc) is 3.01. The molecule has 11 heteroatoms. The van der Waals surface area contributed by atoms with Gasteiger partial charge in [0.25, 0.3) is 5.91 Å². The van der Waals surface area contributed by atoms with Gasteiger partial charge in [0.2, 0.25) is 10.0 Å². The fourth-order valence-electron chi connectivity index (χ4n) is 3.29. The van der Waals surface area contributed by atoms with E-state index in [2.05, 4.69) is 33.1 Å². The number of nitrogens with zero attached hydrogens (tertiary/aromatic N) is 3. The topological polar surface area (TPSA) is 83.8 Å². The number of aromatic nitrogens is 1. The van der Waals surface area contributed by atoms with Crippen molar-refractivity contribution in [2.45, 2.75) is 13.8 Å². The highest BCUT2D eigenvalue weighted by atomic mass is 127. The lowest BCUT2D eigenvalue weighted by atomic mass is 10.2. The van der Waals surface area contributed by atoms with Gasteiger partial charge >= 0.3 is 0 Å². The minimum atomic E-state index is -3.66. The van der Waals surface area contributed by atoms with Crippen molar-refractivity contribution in [1.82, 2.24) is 9.99 Å². The Hall–Kier alpha value is -2.08. The van der Waals surface area contributed by atoms with Gasteiger partial charge in [0.1, 0.15) is 6.54 Å². The molecule has 0 aliphatic heterocycles. The van der Waals surface area contributed by atoms with E-state index in [1.165, 1.54) is 6.21 Å². The highest BCUT2D eigenvalue weighted by Gasteiger charge is 2.20. The van der Waals surface area contributed by atoms with Gasteiger partial charge in [-0.15, -0.1) is 0 Å². The van der Waals surface area contributed by atoms with Crippen molar-refractivity contribution in [1.29, 1.82) is 0 Å². The highest BCUT2D eigenvalue weighted by molar-refractivity contribution is 14.1. The third-order valence-corrected chi connectivity index (χ3v) is 7.23. The summed E-state index contributed by atoms with van der Waals surface area (Å²) in [4.78, 5) is 12.4. The zero-order valence-corrected chi connectivity index (χ0v) is 22.5. The number of hydrogen-bond acceptors (Lipinski definition) is 4. The number of aryl methyl sites for hydroxylation is 1. The van der Waals surface area contributed by atoms with E-state index in [9.17, 15) is 13.2 Å². The Labute approximate surface area is 216 Å². The lowest BCUT2D eigenvalue weighted by Crippen LogP contribution is -2.39. The zero-order chi connectivity index (χ0) is 24.3. The third-order valence-electron chi connectivity index (χ3n) is 4.81. The monoisotopic (exact) mass is 618 g/mol. The van der Waals surface area contributed by atoms with Crippen molar-refractivity contribution in [3.63, 3.8) is 0 Å². The van der Waals surface area contributed by atoms with Crippen LogP contribution < -0.4 is 9.73 Å². The molecule has 1 aromatic heterocycles. The Morgan fingerprint density at radius 2 is 1.82 bits per heavy atom. The molecule has 0 aliphatic carbocycles. The quantitative estimate of drug-likeness (QED) is 0.232. The largest absolute Gasteiger partial charge is 0.316 e. The Morgan fingerprint density at radius 3 is 2.45 bits per heavy atom. The number of hydrazone groups is 1. The van der Waals surface area contributed by atoms with Crippen LogP contribution in [0.25, 0.3) is 5.69 Å². The maximum atomic E-state index is 12.4. The lowest BCUT2D eigenvalue weighted by molar-refractivity contribution is -0.119. The van der Waals surface area contributed by atoms with Crippen molar-refractivity contribution in [3.05, 3.63) is 79.1 Å². The van der Waals surface area contributed by atoms with Crippen LogP contribution in [-0.2, 0) is 14.8 Å². The van der Waals surface area contributed by atoms with Gasteiger partial charge in [0.05, 0.1) is 28.9 Å². The van der Waals surface area contributed by atoms with E-state index < -0.39 is 22.5 Å². The van der Waals surface area contributed by atoms with Crippen LogP contribution in [0.3, 0.4) is 0 Å². The summed E-state index contributed by atoms with van der Waals surface area (Å²) in [7, 11) is -3.66. The Balaban J connectivity index is 1.76. The Morgan fingerprint density at radius 1 is 1.15 bits per heavy atom. The molecule has 0 aliphatic rings. The molecule has 0 fully saturated rings. The molecule has 1 heterocycles. The summed E-state index contributed by atoms with van der Waals surface area (Å²) in [5, 5.41) is 5.13. The normalized spacial score (nSPS) is 11.7. The van der Waals surface area contributed by atoms with Crippen LogP contribution in [0.5, 0.6) is 0 Å². The fraction of sp³-hybridized carbons (Fsp3) is 0.182. The number of rotatable bonds is 7. The molecule has 0 radical (unpaired) electrons. The molecule has 3 rings (SSSR count). The standard InChI is InChI=1S/C22H21Cl2IN4O3S/c1-14-10-16(15(2)29(14)21-11-17(23)4-9-20(21)24)12-26-27-22(30)13-28(33(3,31)32)19-7-5-18(25)6-8-19/h4-12H,13H2,1-3H3,(H,27,30)/b26-12-. The molecule has 0 atom stereocenters. The molecule has 33 heavy (non-hydrogen) atoms. The number of benzene rings is 2. The Bertz CT molecular complexity index is 1320. The van der Waals surface area contributed by atoms with E-state index in [-0.39, 0.29) is 0 Å². The van der Waals surface area contributed by atoms with E-state index >= 15 is 0 Å². The minimum absolute atomic E-state index is 0.395. The summed E-state index contributed by atoms with van der Waals surface area (Å²) >= 11 is 14.6. The molecule has 1 amide bonds. The van der Waals surface area contributed by atoms with Crippen LogP contribution in [0.4, 0.5) is 5.69 Å². The Kier molecular flexibility index (Phi) is 8.09. The molecule has 0 spiro atoms.